The Morgan fingerprint density at radius 1 is 1.17 bits per heavy atom. The third-order valence-corrected chi connectivity index (χ3v) is 2.83. The smallest absolute Gasteiger partial charge is 0.448 e. The summed E-state index contributed by atoms with van der Waals surface area (Å²) in [5.41, 5.74) is 0.431. The zero-order valence-electron chi connectivity index (χ0n) is 12.4. The lowest BCUT2D eigenvalue weighted by atomic mass is 10.3. The van der Waals surface area contributed by atoms with E-state index in [4.69, 9.17) is 4.74 Å². The number of halogens is 3. The fraction of sp³-hybridized carbons (Fsp3) is 0.200. The summed E-state index contributed by atoms with van der Waals surface area (Å²) >= 11 is 0. The number of hydrogen-bond acceptors (Lipinski definition) is 4. The molecule has 2 aromatic rings. The minimum Gasteiger partial charge on any atom is -0.448 e. The Labute approximate surface area is 134 Å². The number of benzene rings is 1. The molecular formula is C15H13F3N2O4. The van der Waals surface area contributed by atoms with Crippen LogP contribution in [0.2, 0.25) is 0 Å². The molecule has 1 amide bonds. The first-order valence-corrected chi connectivity index (χ1v) is 6.75. The van der Waals surface area contributed by atoms with Crippen LogP contribution in [-0.2, 0) is 9.53 Å². The molecular weight excluding hydrogens is 329 g/mol. The Morgan fingerprint density at radius 3 is 2.38 bits per heavy atom. The highest BCUT2D eigenvalue weighted by Crippen LogP contribution is 2.24. The van der Waals surface area contributed by atoms with Crippen molar-refractivity contribution in [1.29, 1.82) is 0 Å². The van der Waals surface area contributed by atoms with Crippen LogP contribution in [0, 0.1) is 0 Å². The van der Waals surface area contributed by atoms with Gasteiger partial charge in [-0.05, 0) is 43.3 Å². The Hall–Kier alpha value is -2.97. The molecule has 128 valence electrons. The molecule has 0 saturated carbocycles. The van der Waals surface area contributed by atoms with E-state index in [-0.39, 0.29) is 11.4 Å². The molecule has 1 aromatic heterocycles. The molecule has 1 aromatic carbocycles. The van der Waals surface area contributed by atoms with E-state index in [0.717, 1.165) is 12.1 Å². The fourth-order valence-corrected chi connectivity index (χ4v) is 1.72. The van der Waals surface area contributed by atoms with Gasteiger partial charge in [-0.2, -0.15) is 0 Å². The maximum atomic E-state index is 12.1. The normalized spacial score (nSPS) is 12.3. The number of anilines is 1. The minimum atomic E-state index is -4.79. The van der Waals surface area contributed by atoms with Crippen molar-refractivity contribution in [3.63, 3.8) is 0 Å². The second-order valence-corrected chi connectivity index (χ2v) is 4.69. The predicted molar refractivity (Wildman–Crippen MR) is 77.4 cm³/mol. The highest BCUT2D eigenvalue weighted by Gasteiger charge is 2.31. The van der Waals surface area contributed by atoms with E-state index in [1.807, 2.05) is 0 Å². The molecule has 0 unspecified atom stereocenters. The van der Waals surface area contributed by atoms with E-state index in [9.17, 15) is 22.8 Å². The summed E-state index contributed by atoms with van der Waals surface area (Å²) in [4.78, 5) is 26.3. The van der Waals surface area contributed by atoms with Gasteiger partial charge in [0.2, 0.25) is 0 Å². The summed E-state index contributed by atoms with van der Waals surface area (Å²) in [7, 11) is 0. The quantitative estimate of drug-likeness (QED) is 0.818. The van der Waals surface area contributed by atoms with E-state index in [1.165, 1.54) is 31.3 Å². The van der Waals surface area contributed by atoms with Crippen LogP contribution < -0.4 is 10.1 Å². The van der Waals surface area contributed by atoms with Crippen molar-refractivity contribution >= 4 is 17.6 Å². The van der Waals surface area contributed by atoms with Gasteiger partial charge in [-0.25, -0.2) is 4.79 Å². The number of carbonyl (C=O) groups excluding carboxylic acids is 2. The Balaban J connectivity index is 1.90. The summed E-state index contributed by atoms with van der Waals surface area (Å²) in [5, 5.41) is 2.42. The van der Waals surface area contributed by atoms with Crippen molar-refractivity contribution in [3.05, 3.63) is 48.3 Å². The van der Waals surface area contributed by atoms with Gasteiger partial charge >= 0.3 is 12.3 Å². The van der Waals surface area contributed by atoms with Crippen LogP contribution >= 0.6 is 0 Å². The third-order valence-electron chi connectivity index (χ3n) is 2.83. The minimum absolute atomic E-state index is 0.198. The van der Waals surface area contributed by atoms with Crippen molar-refractivity contribution in [1.82, 2.24) is 4.98 Å². The number of hydrogen-bond donors (Lipinski definition) is 2. The van der Waals surface area contributed by atoms with Gasteiger partial charge in [-0.3, -0.25) is 4.79 Å². The highest BCUT2D eigenvalue weighted by atomic mass is 19.4. The number of ether oxygens (including phenoxy) is 2. The molecule has 1 atom stereocenters. The number of esters is 1. The fourth-order valence-electron chi connectivity index (χ4n) is 1.72. The Morgan fingerprint density at radius 2 is 1.83 bits per heavy atom. The summed E-state index contributed by atoms with van der Waals surface area (Å²) < 4.78 is 44.8. The van der Waals surface area contributed by atoms with Gasteiger partial charge in [-0.15, -0.1) is 13.2 Å². The number of aromatic amines is 1. The Bertz CT molecular complexity index is 697. The summed E-state index contributed by atoms with van der Waals surface area (Å²) in [6.07, 6.45) is -4.34. The average Bonchev–Trinajstić information content (AvgIpc) is 3.02. The summed E-state index contributed by atoms with van der Waals surface area (Å²) in [5.74, 6) is -1.73. The largest absolute Gasteiger partial charge is 0.573 e. The third kappa shape index (κ3) is 5.04. The van der Waals surface area contributed by atoms with Crippen LogP contribution in [0.4, 0.5) is 18.9 Å². The van der Waals surface area contributed by atoms with E-state index >= 15 is 0 Å². The van der Waals surface area contributed by atoms with Gasteiger partial charge in [0.1, 0.15) is 11.4 Å². The van der Waals surface area contributed by atoms with Crippen LogP contribution in [0.25, 0.3) is 0 Å². The Kier molecular flexibility index (Phi) is 5.12. The highest BCUT2D eigenvalue weighted by molar-refractivity contribution is 5.96. The van der Waals surface area contributed by atoms with Crippen molar-refractivity contribution in [3.8, 4) is 5.75 Å². The van der Waals surface area contributed by atoms with Crippen LogP contribution in [0.15, 0.2) is 42.6 Å². The molecule has 0 aliphatic carbocycles. The predicted octanol–water partition coefficient (Wildman–Crippen LogP) is 3.10. The molecule has 0 aliphatic rings. The molecule has 0 saturated heterocycles. The first kappa shape index (κ1) is 17.4. The number of H-pyrrole nitrogens is 1. The number of alkyl halides is 3. The van der Waals surface area contributed by atoms with Crippen molar-refractivity contribution < 1.29 is 32.2 Å². The van der Waals surface area contributed by atoms with Gasteiger partial charge in [0.25, 0.3) is 5.91 Å². The second-order valence-electron chi connectivity index (χ2n) is 4.69. The van der Waals surface area contributed by atoms with Crippen molar-refractivity contribution in [2.45, 2.75) is 19.4 Å². The van der Waals surface area contributed by atoms with E-state index in [0.29, 0.717) is 0 Å². The van der Waals surface area contributed by atoms with E-state index < -0.39 is 30.1 Å². The molecule has 24 heavy (non-hydrogen) atoms. The van der Waals surface area contributed by atoms with E-state index in [2.05, 4.69) is 15.0 Å². The topological polar surface area (TPSA) is 80.4 Å². The molecule has 0 bridgehead atoms. The van der Waals surface area contributed by atoms with Gasteiger partial charge < -0.3 is 19.8 Å². The summed E-state index contributed by atoms with van der Waals surface area (Å²) in [6.45, 7) is 1.37. The van der Waals surface area contributed by atoms with Gasteiger partial charge in [0.15, 0.2) is 6.10 Å². The first-order chi connectivity index (χ1) is 11.2. The monoisotopic (exact) mass is 342 g/mol. The number of carbonyl (C=O) groups is 2. The summed E-state index contributed by atoms with van der Waals surface area (Å²) in [6, 6.07) is 7.67. The zero-order chi connectivity index (χ0) is 17.7. The molecule has 0 radical (unpaired) electrons. The number of rotatable bonds is 5. The molecule has 1 heterocycles. The van der Waals surface area contributed by atoms with E-state index in [1.54, 1.807) is 6.07 Å². The zero-order valence-corrected chi connectivity index (χ0v) is 12.4. The lowest BCUT2D eigenvalue weighted by molar-refractivity contribution is -0.274. The number of amides is 1. The number of aromatic nitrogens is 1. The number of nitrogens with one attached hydrogen (secondary N) is 2. The molecule has 2 rings (SSSR count). The molecule has 0 fully saturated rings. The molecule has 6 nitrogen and oxygen atoms in total. The van der Waals surface area contributed by atoms with Crippen molar-refractivity contribution in [2.75, 3.05) is 5.32 Å². The van der Waals surface area contributed by atoms with Crippen LogP contribution in [-0.4, -0.2) is 29.3 Å². The van der Waals surface area contributed by atoms with Crippen LogP contribution in [0.3, 0.4) is 0 Å². The second kappa shape index (κ2) is 7.07. The lowest BCUT2D eigenvalue weighted by Crippen LogP contribution is -2.30. The van der Waals surface area contributed by atoms with Gasteiger partial charge in [0.05, 0.1) is 0 Å². The average molecular weight is 342 g/mol. The maximum Gasteiger partial charge on any atom is 0.573 e. The lowest BCUT2D eigenvalue weighted by Gasteiger charge is -2.13. The first-order valence-electron chi connectivity index (χ1n) is 6.75. The van der Waals surface area contributed by atoms with Crippen LogP contribution in [0.5, 0.6) is 5.75 Å². The van der Waals surface area contributed by atoms with Crippen LogP contribution in [0.1, 0.15) is 17.4 Å². The molecule has 0 aliphatic heterocycles. The van der Waals surface area contributed by atoms with Gasteiger partial charge in [-0.1, -0.05) is 0 Å². The van der Waals surface area contributed by atoms with Gasteiger partial charge in [0, 0.05) is 11.9 Å². The molecule has 0 spiro atoms. The van der Waals surface area contributed by atoms with Crippen molar-refractivity contribution in [2.24, 2.45) is 0 Å². The standard InChI is InChI=1S/C15H13F3N2O4/c1-9(23-14(22)12-3-2-8-19-12)13(21)20-10-4-6-11(7-5-10)24-15(16,17)18/h2-9,19H,1H3,(H,20,21)/t9-/m0/s1. The molecule has 2 N–H and O–H groups in total. The molecule has 9 heteroatoms. The maximum absolute atomic E-state index is 12.1. The SMILES string of the molecule is C[C@H](OC(=O)c1ccc[nH]1)C(=O)Nc1ccc(OC(F)(F)F)cc1.